The van der Waals surface area contributed by atoms with Crippen LogP contribution in [0.15, 0.2) is 36.9 Å². The highest BCUT2D eigenvalue weighted by Crippen LogP contribution is 2.25. The Kier molecular flexibility index (Phi) is 3.60. The Bertz CT molecular complexity index is 520. The Morgan fingerprint density at radius 1 is 1.37 bits per heavy atom. The van der Waals surface area contributed by atoms with Gasteiger partial charge in [0.2, 0.25) is 0 Å². The third-order valence-corrected chi connectivity index (χ3v) is 3.94. The maximum atomic E-state index is 4.50. The molecule has 3 rings (SSSR count). The summed E-state index contributed by atoms with van der Waals surface area (Å²) < 4.78 is 2.28. The maximum absolute atomic E-state index is 4.50. The van der Waals surface area contributed by atoms with Gasteiger partial charge in [-0.15, -0.1) is 0 Å². The van der Waals surface area contributed by atoms with E-state index in [1.807, 2.05) is 18.6 Å². The molecule has 0 saturated heterocycles. The summed E-state index contributed by atoms with van der Waals surface area (Å²) in [7, 11) is 0. The summed E-state index contributed by atoms with van der Waals surface area (Å²) in [4.78, 5) is 8.56. The van der Waals surface area contributed by atoms with Gasteiger partial charge < -0.3 is 9.88 Å². The Hall–Kier alpha value is -1.68. The Morgan fingerprint density at radius 3 is 3.05 bits per heavy atom. The number of fused-ring (bicyclic) bond motifs is 1. The van der Waals surface area contributed by atoms with Gasteiger partial charge >= 0.3 is 0 Å². The zero-order valence-corrected chi connectivity index (χ0v) is 11.3. The molecule has 19 heavy (non-hydrogen) atoms. The summed E-state index contributed by atoms with van der Waals surface area (Å²) in [6.45, 7) is 4.30. The predicted molar refractivity (Wildman–Crippen MR) is 74.9 cm³/mol. The van der Waals surface area contributed by atoms with Crippen molar-refractivity contribution >= 4 is 0 Å². The van der Waals surface area contributed by atoms with Crippen molar-refractivity contribution < 1.29 is 0 Å². The fourth-order valence-corrected chi connectivity index (χ4v) is 2.79. The number of rotatable bonds is 4. The third kappa shape index (κ3) is 2.68. The molecule has 0 bridgehead atoms. The van der Waals surface area contributed by atoms with Gasteiger partial charge in [-0.1, -0.05) is 0 Å². The molecule has 0 radical (unpaired) electrons. The number of imidazole rings is 1. The van der Waals surface area contributed by atoms with Gasteiger partial charge in [-0.25, -0.2) is 4.98 Å². The quantitative estimate of drug-likeness (QED) is 0.914. The van der Waals surface area contributed by atoms with E-state index in [0.29, 0.717) is 12.0 Å². The summed E-state index contributed by atoms with van der Waals surface area (Å²) >= 11 is 0. The number of pyridine rings is 1. The maximum Gasteiger partial charge on any atom is 0.113 e. The fourth-order valence-electron chi connectivity index (χ4n) is 2.79. The number of aromatic nitrogens is 3. The molecule has 0 spiro atoms. The van der Waals surface area contributed by atoms with Crippen LogP contribution in [-0.2, 0) is 6.54 Å². The third-order valence-electron chi connectivity index (χ3n) is 3.94. The molecule has 2 aromatic rings. The molecule has 3 heterocycles. The second-order valence-electron chi connectivity index (χ2n) is 5.23. The summed E-state index contributed by atoms with van der Waals surface area (Å²) in [6.07, 6.45) is 10.2. The number of hydrogen-bond acceptors (Lipinski definition) is 3. The van der Waals surface area contributed by atoms with Crippen LogP contribution in [0.2, 0.25) is 0 Å². The first kappa shape index (κ1) is 12.4. The van der Waals surface area contributed by atoms with Crippen LogP contribution in [0, 0.1) is 0 Å². The van der Waals surface area contributed by atoms with E-state index in [1.54, 1.807) is 0 Å². The number of aryl methyl sites for hydroxylation is 1. The zero-order chi connectivity index (χ0) is 13.1. The molecule has 0 aromatic carbocycles. The molecular formula is C15H20N4. The highest BCUT2D eigenvalue weighted by atomic mass is 15.1. The minimum absolute atomic E-state index is 0.355. The smallest absolute Gasteiger partial charge is 0.113 e. The molecule has 1 aliphatic rings. The van der Waals surface area contributed by atoms with Crippen LogP contribution in [0.1, 0.15) is 43.1 Å². The van der Waals surface area contributed by atoms with Gasteiger partial charge in [0, 0.05) is 49.8 Å². The van der Waals surface area contributed by atoms with Crippen LogP contribution in [0.5, 0.6) is 0 Å². The molecule has 4 heteroatoms. The van der Waals surface area contributed by atoms with Crippen LogP contribution in [0.4, 0.5) is 0 Å². The first-order chi connectivity index (χ1) is 9.34. The van der Waals surface area contributed by atoms with Crippen LogP contribution in [0.3, 0.4) is 0 Å². The van der Waals surface area contributed by atoms with Gasteiger partial charge in [0.15, 0.2) is 0 Å². The van der Waals surface area contributed by atoms with Crippen LogP contribution in [-0.4, -0.2) is 21.1 Å². The molecule has 0 fully saturated rings. The minimum Gasteiger partial charge on any atom is -0.335 e. The Morgan fingerprint density at radius 2 is 2.21 bits per heavy atom. The number of nitrogens with one attached hydrogen (secondary N) is 1. The Labute approximate surface area is 113 Å². The fraction of sp³-hybridized carbons (Fsp3) is 0.467. The molecule has 0 aliphatic carbocycles. The lowest BCUT2D eigenvalue weighted by molar-refractivity contribution is 0.408. The topological polar surface area (TPSA) is 42.7 Å². The minimum atomic E-state index is 0.355. The second-order valence-corrected chi connectivity index (χ2v) is 5.23. The van der Waals surface area contributed by atoms with Gasteiger partial charge in [-0.05, 0) is 37.5 Å². The molecule has 1 N–H and O–H groups in total. The van der Waals surface area contributed by atoms with Crippen molar-refractivity contribution in [3.8, 4) is 0 Å². The first-order valence-corrected chi connectivity index (χ1v) is 6.99. The molecule has 2 unspecified atom stereocenters. The normalized spacial score (nSPS) is 19.9. The van der Waals surface area contributed by atoms with Crippen LogP contribution < -0.4 is 5.32 Å². The van der Waals surface area contributed by atoms with Gasteiger partial charge in [0.05, 0.1) is 0 Å². The lowest BCUT2D eigenvalue weighted by Crippen LogP contribution is -2.28. The highest BCUT2D eigenvalue weighted by Gasteiger charge is 2.21. The average molecular weight is 256 g/mol. The van der Waals surface area contributed by atoms with E-state index in [2.05, 4.69) is 45.1 Å². The summed E-state index contributed by atoms with van der Waals surface area (Å²) in [5.41, 5.74) is 1.29. The standard InChI is InChI=1S/C15H20N4/c1-12(13-4-6-16-7-5-13)18-11-14-3-2-9-19-10-8-17-15(14)19/h4-8,10,12,14,18H,2-3,9,11H2,1H3. The van der Waals surface area contributed by atoms with Crippen molar-refractivity contribution in [2.75, 3.05) is 6.54 Å². The lowest BCUT2D eigenvalue weighted by atomic mass is 9.98. The first-order valence-electron chi connectivity index (χ1n) is 6.99. The van der Waals surface area contributed by atoms with Gasteiger partial charge in [-0.2, -0.15) is 0 Å². The van der Waals surface area contributed by atoms with E-state index in [1.165, 1.54) is 24.2 Å². The summed E-state index contributed by atoms with van der Waals surface area (Å²) in [5, 5.41) is 3.62. The van der Waals surface area contributed by atoms with E-state index in [0.717, 1.165) is 13.1 Å². The van der Waals surface area contributed by atoms with Gasteiger partial charge in [0.25, 0.3) is 0 Å². The molecule has 100 valence electrons. The van der Waals surface area contributed by atoms with E-state index < -0.39 is 0 Å². The lowest BCUT2D eigenvalue weighted by Gasteiger charge is -2.25. The zero-order valence-electron chi connectivity index (χ0n) is 11.3. The van der Waals surface area contributed by atoms with E-state index in [-0.39, 0.29) is 0 Å². The van der Waals surface area contributed by atoms with Crippen molar-refractivity contribution in [3.05, 3.63) is 48.3 Å². The van der Waals surface area contributed by atoms with Crippen LogP contribution in [0.25, 0.3) is 0 Å². The van der Waals surface area contributed by atoms with Crippen molar-refractivity contribution in [1.29, 1.82) is 0 Å². The largest absolute Gasteiger partial charge is 0.335 e. The predicted octanol–water partition coefficient (Wildman–Crippen LogP) is 2.51. The van der Waals surface area contributed by atoms with Crippen molar-refractivity contribution in [2.45, 2.75) is 38.3 Å². The average Bonchev–Trinajstić information content (AvgIpc) is 2.94. The number of nitrogens with zero attached hydrogens (tertiary/aromatic N) is 3. The second kappa shape index (κ2) is 5.53. The summed E-state index contributed by atoms with van der Waals surface area (Å²) in [6, 6.07) is 4.49. The van der Waals surface area contributed by atoms with Crippen molar-refractivity contribution in [3.63, 3.8) is 0 Å². The Balaban J connectivity index is 1.62. The van der Waals surface area contributed by atoms with E-state index >= 15 is 0 Å². The van der Waals surface area contributed by atoms with E-state index in [9.17, 15) is 0 Å². The van der Waals surface area contributed by atoms with Crippen LogP contribution >= 0.6 is 0 Å². The molecular weight excluding hydrogens is 236 g/mol. The SMILES string of the molecule is CC(NCC1CCCn2ccnc21)c1ccncc1. The molecule has 4 nitrogen and oxygen atoms in total. The molecule has 0 amide bonds. The highest BCUT2D eigenvalue weighted by molar-refractivity contribution is 5.14. The monoisotopic (exact) mass is 256 g/mol. The van der Waals surface area contributed by atoms with E-state index in [4.69, 9.17) is 0 Å². The van der Waals surface area contributed by atoms with Gasteiger partial charge in [-0.3, -0.25) is 4.98 Å². The van der Waals surface area contributed by atoms with Gasteiger partial charge in [0.1, 0.15) is 5.82 Å². The number of hydrogen-bond donors (Lipinski definition) is 1. The molecule has 0 saturated carbocycles. The van der Waals surface area contributed by atoms with Crippen molar-refractivity contribution in [1.82, 2.24) is 19.9 Å². The van der Waals surface area contributed by atoms with Crippen molar-refractivity contribution in [2.24, 2.45) is 0 Å². The summed E-state index contributed by atoms with van der Waals surface area (Å²) in [5.74, 6) is 1.77. The molecule has 2 aromatic heterocycles. The molecule has 1 aliphatic heterocycles. The molecule has 2 atom stereocenters.